The van der Waals surface area contributed by atoms with E-state index in [1.165, 1.54) is 0 Å². The predicted octanol–water partition coefficient (Wildman–Crippen LogP) is 3.49. The Morgan fingerprint density at radius 2 is 2.05 bits per heavy atom. The van der Waals surface area contributed by atoms with E-state index in [-0.39, 0.29) is 0 Å². The van der Waals surface area contributed by atoms with Gasteiger partial charge < -0.3 is 19.2 Å². The molecule has 0 aliphatic heterocycles. The molecular formula is C17H25NO3. The van der Waals surface area contributed by atoms with Gasteiger partial charge in [-0.05, 0) is 25.5 Å². The molecule has 0 atom stereocenters. The zero-order valence-corrected chi connectivity index (χ0v) is 13.0. The van der Waals surface area contributed by atoms with E-state index in [4.69, 9.17) is 13.9 Å². The first-order valence-electron chi connectivity index (χ1n) is 7.63. The SMILES string of the molecule is CCCNCc1oc2ccccc2c1COCCCOC. The van der Waals surface area contributed by atoms with E-state index in [2.05, 4.69) is 18.3 Å². The van der Waals surface area contributed by atoms with E-state index in [9.17, 15) is 0 Å². The van der Waals surface area contributed by atoms with Gasteiger partial charge in [-0.2, -0.15) is 0 Å². The highest BCUT2D eigenvalue weighted by Crippen LogP contribution is 2.26. The van der Waals surface area contributed by atoms with Gasteiger partial charge in [0.25, 0.3) is 0 Å². The summed E-state index contributed by atoms with van der Waals surface area (Å²) in [5.74, 6) is 0.983. The van der Waals surface area contributed by atoms with Crippen LogP contribution in [0.15, 0.2) is 28.7 Å². The minimum absolute atomic E-state index is 0.587. The maximum absolute atomic E-state index is 5.96. The Balaban J connectivity index is 2.04. The van der Waals surface area contributed by atoms with Gasteiger partial charge in [-0.1, -0.05) is 25.1 Å². The van der Waals surface area contributed by atoms with Crippen LogP contribution in [-0.4, -0.2) is 26.9 Å². The molecule has 0 saturated heterocycles. The van der Waals surface area contributed by atoms with Crippen molar-refractivity contribution in [3.05, 3.63) is 35.6 Å². The second kappa shape index (κ2) is 8.82. The summed E-state index contributed by atoms with van der Waals surface area (Å²) in [5, 5.41) is 4.54. The molecule has 2 rings (SSSR count). The predicted molar refractivity (Wildman–Crippen MR) is 84.4 cm³/mol. The van der Waals surface area contributed by atoms with Gasteiger partial charge in [0.2, 0.25) is 0 Å². The van der Waals surface area contributed by atoms with Crippen molar-refractivity contribution in [3.8, 4) is 0 Å². The molecule has 2 aromatic rings. The molecule has 4 heteroatoms. The topological polar surface area (TPSA) is 43.6 Å². The lowest BCUT2D eigenvalue weighted by Gasteiger charge is -2.06. The highest BCUT2D eigenvalue weighted by atomic mass is 16.5. The molecule has 1 aromatic heterocycles. The minimum Gasteiger partial charge on any atom is -0.459 e. The molecule has 0 fully saturated rings. The molecule has 1 aromatic carbocycles. The molecule has 4 nitrogen and oxygen atoms in total. The van der Waals surface area contributed by atoms with Gasteiger partial charge in [0, 0.05) is 31.3 Å². The number of benzene rings is 1. The van der Waals surface area contributed by atoms with E-state index >= 15 is 0 Å². The lowest BCUT2D eigenvalue weighted by Crippen LogP contribution is -2.14. The maximum Gasteiger partial charge on any atom is 0.134 e. The molecular weight excluding hydrogens is 266 g/mol. The Labute approximate surface area is 126 Å². The lowest BCUT2D eigenvalue weighted by molar-refractivity contribution is 0.0925. The van der Waals surface area contributed by atoms with Gasteiger partial charge in [0.15, 0.2) is 0 Å². The summed E-state index contributed by atoms with van der Waals surface area (Å²) in [6, 6.07) is 8.14. The van der Waals surface area contributed by atoms with Crippen LogP contribution in [0, 0.1) is 0 Å². The van der Waals surface area contributed by atoms with Crippen LogP contribution in [0.4, 0.5) is 0 Å². The number of para-hydroxylation sites is 1. The van der Waals surface area contributed by atoms with Crippen molar-refractivity contribution in [1.82, 2.24) is 5.32 Å². The zero-order chi connectivity index (χ0) is 14.9. The number of fused-ring (bicyclic) bond motifs is 1. The van der Waals surface area contributed by atoms with Gasteiger partial charge in [0.1, 0.15) is 11.3 Å². The van der Waals surface area contributed by atoms with Gasteiger partial charge >= 0.3 is 0 Å². The first-order valence-corrected chi connectivity index (χ1v) is 7.63. The van der Waals surface area contributed by atoms with E-state index in [1.54, 1.807) is 7.11 Å². The highest BCUT2D eigenvalue weighted by Gasteiger charge is 2.13. The number of hydrogen-bond donors (Lipinski definition) is 1. The third-order valence-corrected chi connectivity index (χ3v) is 3.38. The zero-order valence-electron chi connectivity index (χ0n) is 13.0. The molecule has 0 bridgehead atoms. The van der Waals surface area contributed by atoms with Crippen LogP contribution >= 0.6 is 0 Å². The largest absolute Gasteiger partial charge is 0.459 e. The van der Waals surface area contributed by atoms with E-state index in [0.29, 0.717) is 13.2 Å². The Morgan fingerprint density at radius 1 is 1.19 bits per heavy atom. The Kier molecular flexibility index (Phi) is 6.73. The molecule has 0 radical (unpaired) electrons. The molecule has 0 aliphatic rings. The normalized spacial score (nSPS) is 11.3. The monoisotopic (exact) mass is 291 g/mol. The summed E-state index contributed by atoms with van der Waals surface area (Å²) in [5.41, 5.74) is 2.09. The molecule has 0 aliphatic carbocycles. The summed E-state index contributed by atoms with van der Waals surface area (Å²) in [6.45, 7) is 5.92. The summed E-state index contributed by atoms with van der Waals surface area (Å²) in [7, 11) is 1.71. The highest BCUT2D eigenvalue weighted by molar-refractivity contribution is 5.82. The summed E-state index contributed by atoms with van der Waals surface area (Å²) in [4.78, 5) is 0. The molecule has 21 heavy (non-hydrogen) atoms. The van der Waals surface area contributed by atoms with Crippen molar-refractivity contribution >= 4 is 11.0 Å². The quantitative estimate of drug-likeness (QED) is 0.681. The number of furan rings is 1. The molecule has 116 valence electrons. The van der Waals surface area contributed by atoms with Crippen molar-refractivity contribution in [3.63, 3.8) is 0 Å². The van der Waals surface area contributed by atoms with Crippen molar-refractivity contribution in [2.24, 2.45) is 0 Å². The summed E-state index contributed by atoms with van der Waals surface area (Å²) >= 11 is 0. The Bertz CT molecular complexity index is 536. The van der Waals surface area contributed by atoms with Crippen molar-refractivity contribution in [2.75, 3.05) is 26.9 Å². The van der Waals surface area contributed by atoms with Crippen LogP contribution in [0.25, 0.3) is 11.0 Å². The summed E-state index contributed by atoms with van der Waals surface area (Å²) < 4.78 is 16.8. The number of hydrogen-bond acceptors (Lipinski definition) is 4. The molecule has 1 heterocycles. The fraction of sp³-hybridized carbons (Fsp3) is 0.529. The molecule has 0 unspecified atom stereocenters. The smallest absolute Gasteiger partial charge is 0.134 e. The van der Waals surface area contributed by atoms with Gasteiger partial charge in [0.05, 0.1) is 13.2 Å². The lowest BCUT2D eigenvalue weighted by atomic mass is 10.1. The molecule has 1 N–H and O–H groups in total. The van der Waals surface area contributed by atoms with Crippen LogP contribution in [0.1, 0.15) is 31.1 Å². The average Bonchev–Trinajstić information content (AvgIpc) is 2.85. The van der Waals surface area contributed by atoms with Crippen LogP contribution < -0.4 is 5.32 Å². The minimum atomic E-state index is 0.587. The van der Waals surface area contributed by atoms with Gasteiger partial charge in [-0.15, -0.1) is 0 Å². The van der Waals surface area contributed by atoms with Crippen LogP contribution in [0.2, 0.25) is 0 Å². The van der Waals surface area contributed by atoms with E-state index in [1.807, 2.05) is 18.2 Å². The summed E-state index contributed by atoms with van der Waals surface area (Å²) in [6.07, 6.45) is 2.03. The molecule has 0 spiro atoms. The second-order valence-electron chi connectivity index (χ2n) is 5.08. The first-order chi connectivity index (χ1) is 10.4. The van der Waals surface area contributed by atoms with Crippen molar-refractivity contribution < 1.29 is 13.9 Å². The average molecular weight is 291 g/mol. The molecule has 0 saturated carbocycles. The Hall–Kier alpha value is -1.36. The fourth-order valence-electron chi connectivity index (χ4n) is 2.31. The fourth-order valence-corrected chi connectivity index (χ4v) is 2.31. The number of nitrogens with one attached hydrogen (secondary N) is 1. The molecule has 0 amide bonds. The second-order valence-corrected chi connectivity index (χ2v) is 5.08. The maximum atomic E-state index is 5.96. The standard InChI is InChI=1S/C17H25NO3/c1-3-9-18-12-17-15(13-20-11-6-10-19-2)14-7-4-5-8-16(14)21-17/h4-5,7-8,18H,3,6,9-13H2,1-2H3. The van der Waals surface area contributed by atoms with Crippen molar-refractivity contribution in [1.29, 1.82) is 0 Å². The van der Waals surface area contributed by atoms with E-state index < -0.39 is 0 Å². The van der Waals surface area contributed by atoms with Crippen molar-refractivity contribution in [2.45, 2.75) is 32.9 Å². The van der Waals surface area contributed by atoms with Crippen LogP contribution in [-0.2, 0) is 22.6 Å². The van der Waals surface area contributed by atoms with E-state index in [0.717, 1.165) is 54.8 Å². The first kappa shape index (κ1) is 16.0. The number of ether oxygens (including phenoxy) is 2. The van der Waals surface area contributed by atoms with Gasteiger partial charge in [-0.3, -0.25) is 0 Å². The Morgan fingerprint density at radius 3 is 2.86 bits per heavy atom. The van der Waals surface area contributed by atoms with Gasteiger partial charge in [-0.25, -0.2) is 0 Å². The third kappa shape index (κ3) is 4.56. The van der Waals surface area contributed by atoms with Crippen LogP contribution in [0.5, 0.6) is 0 Å². The number of methoxy groups -OCH3 is 1. The third-order valence-electron chi connectivity index (χ3n) is 3.38. The van der Waals surface area contributed by atoms with Crippen LogP contribution in [0.3, 0.4) is 0 Å². The number of rotatable bonds is 10.